The topological polar surface area (TPSA) is 58.9 Å². The number of hydrogen-bond acceptors (Lipinski definition) is 2. The van der Waals surface area contributed by atoms with Crippen LogP contribution in [0.5, 0.6) is 0 Å². The molecule has 0 aliphatic carbocycles. The van der Waals surface area contributed by atoms with Crippen LogP contribution in [-0.4, -0.2) is 10.8 Å². The Morgan fingerprint density at radius 1 is 1.05 bits per heavy atom. The van der Waals surface area contributed by atoms with Crippen LogP contribution in [0.2, 0.25) is 0 Å². The third kappa shape index (κ3) is 3.02. The van der Waals surface area contributed by atoms with Crippen LogP contribution in [0.4, 0.5) is 5.69 Å². The van der Waals surface area contributed by atoms with Crippen molar-refractivity contribution in [3.63, 3.8) is 0 Å². The molecule has 8 heteroatoms. The summed E-state index contributed by atoms with van der Waals surface area (Å²) in [5.74, 6) is -0.197. The van der Waals surface area contributed by atoms with Crippen LogP contribution in [0.3, 0.4) is 0 Å². The predicted molar refractivity (Wildman–Crippen MR) is 93.6 cm³/mol. The van der Waals surface area contributed by atoms with E-state index in [1.165, 1.54) is 0 Å². The van der Waals surface area contributed by atoms with Gasteiger partial charge in [0, 0.05) is 14.5 Å². The SMILES string of the molecule is Nc1c(Br)cc(Br)cc1C(=O)c1[nH]c(Br)c(Br)c1Br. The molecule has 19 heavy (non-hydrogen) atoms. The minimum Gasteiger partial charge on any atom is -0.397 e. The zero-order chi connectivity index (χ0) is 14.3. The molecule has 3 N–H and O–H groups in total. The molecule has 0 radical (unpaired) electrons. The maximum Gasteiger partial charge on any atom is 0.212 e. The lowest BCUT2D eigenvalue weighted by molar-refractivity contribution is 0.103. The van der Waals surface area contributed by atoms with Gasteiger partial charge in [-0.2, -0.15) is 0 Å². The predicted octanol–water partition coefficient (Wildman–Crippen LogP) is 5.64. The van der Waals surface area contributed by atoms with Crippen molar-refractivity contribution in [3.05, 3.63) is 45.9 Å². The van der Waals surface area contributed by atoms with Gasteiger partial charge in [0.2, 0.25) is 5.78 Å². The van der Waals surface area contributed by atoms with Crippen molar-refractivity contribution in [3.8, 4) is 0 Å². The van der Waals surface area contributed by atoms with Crippen LogP contribution in [0.15, 0.2) is 34.6 Å². The van der Waals surface area contributed by atoms with Crippen molar-refractivity contribution in [1.29, 1.82) is 0 Å². The smallest absolute Gasteiger partial charge is 0.212 e. The van der Waals surface area contributed by atoms with Gasteiger partial charge in [-0.1, -0.05) is 15.9 Å². The number of halogens is 5. The third-order valence-corrected chi connectivity index (χ3v) is 6.76. The van der Waals surface area contributed by atoms with E-state index in [1.54, 1.807) is 12.1 Å². The molecule has 2 aromatic rings. The Morgan fingerprint density at radius 2 is 1.68 bits per heavy atom. The Labute approximate surface area is 151 Å². The average Bonchev–Trinajstić information content (AvgIpc) is 2.61. The van der Waals surface area contributed by atoms with Gasteiger partial charge < -0.3 is 10.7 Å². The van der Waals surface area contributed by atoms with E-state index in [1.807, 2.05) is 0 Å². The number of ketones is 1. The molecule has 0 spiro atoms. The van der Waals surface area contributed by atoms with E-state index in [2.05, 4.69) is 84.6 Å². The molecule has 0 bridgehead atoms. The summed E-state index contributed by atoms with van der Waals surface area (Å²) in [6.07, 6.45) is 0. The van der Waals surface area contributed by atoms with Gasteiger partial charge in [0.1, 0.15) is 5.69 Å². The molecule has 100 valence electrons. The van der Waals surface area contributed by atoms with Crippen molar-refractivity contribution in [1.82, 2.24) is 4.98 Å². The molecule has 3 nitrogen and oxygen atoms in total. The van der Waals surface area contributed by atoms with E-state index >= 15 is 0 Å². The molecular weight excluding hydrogens is 576 g/mol. The van der Waals surface area contributed by atoms with Gasteiger partial charge >= 0.3 is 0 Å². The quantitative estimate of drug-likeness (QED) is 0.357. The van der Waals surface area contributed by atoms with Gasteiger partial charge in [0.15, 0.2) is 0 Å². The van der Waals surface area contributed by atoms with E-state index in [0.717, 1.165) is 8.95 Å². The monoisotopic (exact) mass is 576 g/mol. The van der Waals surface area contributed by atoms with E-state index in [-0.39, 0.29) is 5.78 Å². The highest BCUT2D eigenvalue weighted by molar-refractivity contribution is 9.14. The average molecular weight is 581 g/mol. The maximum absolute atomic E-state index is 12.5. The molecule has 1 aromatic heterocycles. The lowest BCUT2D eigenvalue weighted by Crippen LogP contribution is -2.07. The maximum atomic E-state index is 12.5. The van der Waals surface area contributed by atoms with Crippen LogP contribution in [0.1, 0.15) is 16.1 Å². The lowest BCUT2D eigenvalue weighted by Gasteiger charge is -2.07. The van der Waals surface area contributed by atoms with E-state index < -0.39 is 0 Å². The number of rotatable bonds is 2. The summed E-state index contributed by atoms with van der Waals surface area (Å²) >= 11 is 16.7. The number of nitrogen functional groups attached to an aromatic ring is 1. The highest BCUT2D eigenvalue weighted by atomic mass is 79.9. The van der Waals surface area contributed by atoms with Gasteiger partial charge in [-0.05, 0) is 75.9 Å². The summed E-state index contributed by atoms with van der Waals surface area (Å²) in [4.78, 5) is 15.5. The number of benzene rings is 1. The molecule has 0 fully saturated rings. The molecule has 0 saturated carbocycles. The minimum absolute atomic E-state index is 0.197. The largest absolute Gasteiger partial charge is 0.397 e. The summed E-state index contributed by atoms with van der Waals surface area (Å²) in [5.41, 5.74) is 7.19. The van der Waals surface area contributed by atoms with Crippen molar-refractivity contribution >= 4 is 91.1 Å². The Bertz CT molecular complexity index is 680. The number of carbonyl (C=O) groups is 1. The van der Waals surface area contributed by atoms with Gasteiger partial charge in [0.05, 0.1) is 19.2 Å². The highest BCUT2D eigenvalue weighted by Crippen LogP contribution is 2.36. The molecule has 2 rings (SSSR count). The van der Waals surface area contributed by atoms with Crippen LogP contribution in [0, 0.1) is 0 Å². The van der Waals surface area contributed by atoms with Crippen molar-refractivity contribution in [2.45, 2.75) is 0 Å². The number of H-pyrrole nitrogens is 1. The fourth-order valence-corrected chi connectivity index (χ4v) is 4.15. The molecule has 1 aromatic carbocycles. The standard InChI is InChI=1S/C11H5Br5N2O/c12-3-1-4(8(17)5(13)2-3)10(19)9-6(14)7(15)11(16)18-9/h1-2,18H,17H2. The van der Waals surface area contributed by atoms with Gasteiger partial charge in [-0.15, -0.1) is 0 Å². The summed E-state index contributed by atoms with van der Waals surface area (Å²) in [6, 6.07) is 3.49. The number of hydrogen-bond donors (Lipinski definition) is 2. The molecular formula is C11H5Br5N2O. The van der Waals surface area contributed by atoms with Crippen molar-refractivity contribution in [2.24, 2.45) is 0 Å². The molecule has 0 saturated heterocycles. The van der Waals surface area contributed by atoms with E-state index in [4.69, 9.17) is 5.73 Å². The second kappa shape index (κ2) is 6.01. The molecule has 0 amide bonds. The summed E-state index contributed by atoms with van der Waals surface area (Å²) < 4.78 is 3.54. The molecule has 0 aliphatic heterocycles. The van der Waals surface area contributed by atoms with Crippen LogP contribution in [0.25, 0.3) is 0 Å². The molecule has 0 unspecified atom stereocenters. The number of anilines is 1. The van der Waals surface area contributed by atoms with Crippen LogP contribution in [-0.2, 0) is 0 Å². The number of nitrogens with one attached hydrogen (secondary N) is 1. The van der Waals surface area contributed by atoms with Crippen molar-refractivity contribution < 1.29 is 4.79 Å². The second-order valence-corrected chi connectivity index (χ2v) is 7.77. The first-order chi connectivity index (χ1) is 8.82. The van der Waals surface area contributed by atoms with Crippen LogP contribution >= 0.6 is 79.6 Å². The normalized spacial score (nSPS) is 10.8. The Hall–Kier alpha value is 0.370. The second-order valence-electron chi connectivity index (χ2n) is 3.62. The first kappa shape index (κ1) is 15.8. The zero-order valence-corrected chi connectivity index (χ0v) is 17.0. The fraction of sp³-hybridized carbons (Fsp3) is 0. The Balaban J connectivity index is 2.59. The van der Waals surface area contributed by atoms with Gasteiger partial charge in [-0.3, -0.25) is 4.79 Å². The van der Waals surface area contributed by atoms with Crippen molar-refractivity contribution in [2.75, 3.05) is 5.73 Å². The van der Waals surface area contributed by atoms with E-state index in [0.29, 0.717) is 30.5 Å². The molecule has 0 aliphatic rings. The number of aromatic nitrogens is 1. The first-order valence-electron chi connectivity index (χ1n) is 4.84. The van der Waals surface area contributed by atoms with Crippen LogP contribution < -0.4 is 5.73 Å². The number of aromatic amines is 1. The van der Waals surface area contributed by atoms with E-state index in [9.17, 15) is 4.79 Å². The summed E-state index contributed by atoms with van der Waals surface area (Å²) in [7, 11) is 0. The minimum atomic E-state index is -0.197. The summed E-state index contributed by atoms with van der Waals surface area (Å²) in [6.45, 7) is 0. The highest BCUT2D eigenvalue weighted by Gasteiger charge is 2.22. The number of nitrogens with two attached hydrogens (primary N) is 1. The third-order valence-electron chi connectivity index (χ3n) is 2.41. The Kier molecular flexibility index (Phi) is 4.98. The zero-order valence-electron chi connectivity index (χ0n) is 9.03. The molecule has 0 atom stereocenters. The Morgan fingerprint density at radius 3 is 2.21 bits per heavy atom. The molecule has 1 heterocycles. The van der Waals surface area contributed by atoms with Gasteiger partial charge in [0.25, 0.3) is 0 Å². The van der Waals surface area contributed by atoms with Gasteiger partial charge in [-0.25, -0.2) is 0 Å². The number of carbonyl (C=O) groups excluding carboxylic acids is 1. The summed E-state index contributed by atoms with van der Waals surface area (Å²) in [5, 5.41) is 0. The lowest BCUT2D eigenvalue weighted by atomic mass is 10.1. The fourth-order valence-electron chi connectivity index (χ4n) is 1.49. The first-order valence-corrected chi connectivity index (χ1v) is 8.81.